The molecule has 29 heavy (non-hydrogen) atoms. The van der Waals surface area contributed by atoms with E-state index in [0.717, 1.165) is 0 Å². The van der Waals surface area contributed by atoms with Gasteiger partial charge < -0.3 is 4.74 Å². The van der Waals surface area contributed by atoms with Gasteiger partial charge in [-0.15, -0.1) is 0 Å². The Hall–Kier alpha value is -3.51. The van der Waals surface area contributed by atoms with Gasteiger partial charge in [0.1, 0.15) is 11.6 Å². The van der Waals surface area contributed by atoms with Gasteiger partial charge in [0.15, 0.2) is 5.75 Å². The van der Waals surface area contributed by atoms with Crippen LogP contribution in [0.1, 0.15) is 11.4 Å². The predicted octanol–water partition coefficient (Wildman–Crippen LogP) is 4.75. The van der Waals surface area contributed by atoms with Crippen molar-refractivity contribution in [3.05, 3.63) is 93.5 Å². The molecule has 0 saturated carbocycles. The molecule has 0 aliphatic rings. The summed E-state index contributed by atoms with van der Waals surface area (Å²) < 4.78 is 20.8. The molecule has 144 valence electrons. The summed E-state index contributed by atoms with van der Waals surface area (Å²) in [5.41, 5.74) is 1.01. The molecule has 0 radical (unpaired) electrons. The van der Waals surface area contributed by atoms with E-state index in [0.29, 0.717) is 38.8 Å². The molecule has 2 aromatic heterocycles. The van der Waals surface area contributed by atoms with Crippen molar-refractivity contribution in [2.75, 3.05) is 7.11 Å². The van der Waals surface area contributed by atoms with Crippen LogP contribution in [0, 0.1) is 5.82 Å². The lowest BCUT2D eigenvalue weighted by Crippen LogP contribution is -2.23. The molecule has 0 bridgehead atoms. The largest absolute Gasteiger partial charge is 0.493 e. The first-order valence-electron chi connectivity index (χ1n) is 8.72. The topological polar surface area (TPSA) is 57.0 Å². The number of pyridine rings is 1. The van der Waals surface area contributed by atoms with Gasteiger partial charge in [-0.2, -0.15) is 0 Å². The van der Waals surface area contributed by atoms with Crippen molar-refractivity contribution in [2.24, 2.45) is 0 Å². The fourth-order valence-corrected chi connectivity index (χ4v) is 3.18. The molecule has 2 heterocycles. The maximum atomic E-state index is 14.0. The maximum Gasteiger partial charge on any atom is 0.266 e. The van der Waals surface area contributed by atoms with Gasteiger partial charge in [0, 0.05) is 16.8 Å². The molecule has 0 saturated heterocycles. The Morgan fingerprint density at radius 2 is 1.97 bits per heavy atom. The van der Waals surface area contributed by atoms with Gasteiger partial charge in [0.05, 0.1) is 29.9 Å². The highest BCUT2D eigenvalue weighted by atomic mass is 35.5. The smallest absolute Gasteiger partial charge is 0.266 e. The minimum absolute atomic E-state index is 0.317. The third-order valence-electron chi connectivity index (χ3n) is 4.40. The third kappa shape index (κ3) is 3.62. The first-order chi connectivity index (χ1) is 14.1. The van der Waals surface area contributed by atoms with Crippen LogP contribution in [0.15, 0.2) is 65.7 Å². The van der Waals surface area contributed by atoms with Crippen LogP contribution in [-0.2, 0) is 0 Å². The van der Waals surface area contributed by atoms with E-state index < -0.39 is 0 Å². The number of nitrogens with zero attached hydrogens (tertiary/aromatic N) is 3. The van der Waals surface area contributed by atoms with E-state index in [2.05, 4.69) is 9.97 Å². The number of hydrogen-bond acceptors (Lipinski definition) is 4. The molecular formula is C22H15ClFN3O2. The van der Waals surface area contributed by atoms with Crippen LogP contribution >= 0.6 is 11.6 Å². The molecule has 4 rings (SSSR count). The minimum Gasteiger partial charge on any atom is -0.493 e. The number of aromatic nitrogens is 3. The van der Waals surface area contributed by atoms with E-state index in [-0.39, 0.29) is 11.4 Å². The SMILES string of the molecule is COc1cnccc1-n1c(C=Cc2ccccc2F)nc2ccc(Cl)cc2c1=O. The maximum absolute atomic E-state index is 14.0. The van der Waals surface area contributed by atoms with E-state index in [1.807, 2.05) is 0 Å². The Balaban J connectivity index is 2.01. The van der Waals surface area contributed by atoms with E-state index in [9.17, 15) is 9.18 Å². The summed E-state index contributed by atoms with van der Waals surface area (Å²) in [4.78, 5) is 22.0. The Kier molecular flexibility index (Phi) is 5.10. The molecule has 0 atom stereocenters. The average molecular weight is 408 g/mol. The molecule has 2 aromatic carbocycles. The molecule has 4 aromatic rings. The molecule has 7 heteroatoms. The predicted molar refractivity (Wildman–Crippen MR) is 112 cm³/mol. The highest BCUT2D eigenvalue weighted by Crippen LogP contribution is 2.24. The van der Waals surface area contributed by atoms with Crippen LogP contribution in [0.25, 0.3) is 28.7 Å². The normalized spacial score (nSPS) is 11.3. The van der Waals surface area contributed by atoms with E-state index >= 15 is 0 Å². The number of ether oxygens (including phenoxy) is 1. The Morgan fingerprint density at radius 3 is 2.76 bits per heavy atom. The van der Waals surface area contributed by atoms with Crippen molar-refractivity contribution in [3.8, 4) is 11.4 Å². The van der Waals surface area contributed by atoms with E-state index in [1.165, 1.54) is 23.9 Å². The summed E-state index contributed by atoms with van der Waals surface area (Å²) in [5.74, 6) is 0.350. The van der Waals surface area contributed by atoms with Crippen LogP contribution < -0.4 is 10.3 Å². The van der Waals surface area contributed by atoms with Crippen LogP contribution in [0.5, 0.6) is 5.75 Å². The fourth-order valence-electron chi connectivity index (χ4n) is 3.01. The first kappa shape index (κ1) is 18.8. The van der Waals surface area contributed by atoms with Crippen LogP contribution in [0.2, 0.25) is 5.02 Å². The van der Waals surface area contributed by atoms with Crippen LogP contribution in [-0.4, -0.2) is 21.6 Å². The molecular weight excluding hydrogens is 393 g/mol. The fraction of sp³-hybridized carbons (Fsp3) is 0.0455. The van der Waals surface area contributed by atoms with Crippen LogP contribution in [0.3, 0.4) is 0 Å². The molecule has 0 amide bonds. The molecule has 5 nitrogen and oxygen atoms in total. The number of rotatable bonds is 4. The first-order valence-corrected chi connectivity index (χ1v) is 9.09. The van der Waals surface area contributed by atoms with Crippen LogP contribution in [0.4, 0.5) is 4.39 Å². The average Bonchev–Trinajstić information content (AvgIpc) is 2.74. The van der Waals surface area contributed by atoms with Crippen molar-refractivity contribution < 1.29 is 9.13 Å². The number of hydrogen-bond donors (Lipinski definition) is 0. The Labute approximate surface area is 170 Å². The number of methoxy groups -OCH3 is 1. The van der Waals surface area contributed by atoms with Gasteiger partial charge in [0.2, 0.25) is 0 Å². The van der Waals surface area contributed by atoms with Gasteiger partial charge in [-0.05, 0) is 42.5 Å². The van der Waals surface area contributed by atoms with Gasteiger partial charge in [-0.25, -0.2) is 9.37 Å². The highest BCUT2D eigenvalue weighted by Gasteiger charge is 2.15. The van der Waals surface area contributed by atoms with Crippen molar-refractivity contribution in [3.63, 3.8) is 0 Å². The van der Waals surface area contributed by atoms with Crippen molar-refractivity contribution >= 4 is 34.7 Å². The number of halogens is 2. The summed E-state index contributed by atoms with van der Waals surface area (Å²) in [6.45, 7) is 0. The summed E-state index contributed by atoms with van der Waals surface area (Å²) in [6, 6.07) is 12.9. The second-order valence-electron chi connectivity index (χ2n) is 6.17. The van der Waals surface area contributed by atoms with E-state index in [1.54, 1.807) is 60.8 Å². The zero-order valence-electron chi connectivity index (χ0n) is 15.3. The van der Waals surface area contributed by atoms with Crippen molar-refractivity contribution in [1.82, 2.24) is 14.5 Å². The summed E-state index contributed by atoms with van der Waals surface area (Å²) in [6.07, 6.45) is 6.22. The quantitative estimate of drug-likeness (QED) is 0.489. The number of fused-ring (bicyclic) bond motifs is 1. The monoisotopic (exact) mass is 407 g/mol. The van der Waals surface area contributed by atoms with Gasteiger partial charge >= 0.3 is 0 Å². The summed E-state index contributed by atoms with van der Waals surface area (Å²) in [7, 11) is 1.49. The van der Waals surface area contributed by atoms with Gasteiger partial charge in [-0.3, -0.25) is 14.3 Å². The molecule has 0 spiro atoms. The van der Waals surface area contributed by atoms with Crippen molar-refractivity contribution in [1.29, 1.82) is 0 Å². The summed E-state index contributed by atoms with van der Waals surface area (Å²) in [5, 5.41) is 0.790. The zero-order chi connectivity index (χ0) is 20.4. The van der Waals surface area contributed by atoms with Crippen molar-refractivity contribution in [2.45, 2.75) is 0 Å². The molecule has 0 N–H and O–H groups in total. The second kappa shape index (κ2) is 7.85. The lowest BCUT2D eigenvalue weighted by atomic mass is 10.2. The Bertz CT molecular complexity index is 1300. The van der Waals surface area contributed by atoms with E-state index in [4.69, 9.17) is 16.3 Å². The standard InChI is InChI=1S/C22H15ClFN3O2/c1-29-20-13-25-11-10-19(20)27-21(9-6-14-4-2-3-5-17(14)24)26-18-8-7-15(23)12-16(18)22(27)28/h2-13H,1H3. The molecule has 0 aliphatic heterocycles. The molecule has 0 unspecified atom stereocenters. The Morgan fingerprint density at radius 1 is 1.14 bits per heavy atom. The summed E-state index contributed by atoms with van der Waals surface area (Å²) >= 11 is 6.08. The van der Waals surface area contributed by atoms with Gasteiger partial charge in [0.25, 0.3) is 5.56 Å². The second-order valence-corrected chi connectivity index (χ2v) is 6.61. The zero-order valence-corrected chi connectivity index (χ0v) is 16.1. The van der Waals surface area contributed by atoms with Gasteiger partial charge in [-0.1, -0.05) is 29.8 Å². The molecule has 0 fully saturated rings. The molecule has 0 aliphatic carbocycles. The number of benzene rings is 2. The highest BCUT2D eigenvalue weighted by molar-refractivity contribution is 6.31. The third-order valence-corrected chi connectivity index (χ3v) is 4.63. The lowest BCUT2D eigenvalue weighted by molar-refractivity contribution is 0.410. The lowest BCUT2D eigenvalue weighted by Gasteiger charge is -2.14. The minimum atomic E-state index is -0.369.